The van der Waals surface area contributed by atoms with Crippen LogP contribution in [0.25, 0.3) is 0 Å². The van der Waals surface area contributed by atoms with Crippen molar-refractivity contribution in [3.05, 3.63) is 149 Å². The molecule has 372 valence electrons. The van der Waals surface area contributed by atoms with Gasteiger partial charge in [-0.3, -0.25) is 24.0 Å². The van der Waals surface area contributed by atoms with Gasteiger partial charge in [-0.15, -0.1) is 0 Å². The number of nitrogens with one attached hydrogen (secondary N) is 5. The average Bonchev–Trinajstić information content (AvgIpc) is 3.32. The number of anilines is 5. The maximum Gasteiger partial charge on any atom is 0.340 e. The lowest BCUT2D eigenvalue weighted by Crippen LogP contribution is -2.63. The molecule has 1 aliphatic heterocycles. The highest BCUT2D eigenvalue weighted by atomic mass is 16.7. The Morgan fingerprint density at radius 2 is 0.597 bits per heavy atom. The van der Waals surface area contributed by atoms with Crippen molar-refractivity contribution in [2.24, 2.45) is 0 Å². The number of benzene rings is 5. The normalized spacial score (nSPS) is 16.8. The summed E-state index contributed by atoms with van der Waals surface area (Å²) in [6, 6.07) is 27.3. The van der Waals surface area contributed by atoms with Gasteiger partial charge in [0.1, 0.15) is 12.7 Å². The van der Waals surface area contributed by atoms with Crippen molar-refractivity contribution in [2.75, 3.05) is 33.2 Å². The second-order valence-electron chi connectivity index (χ2n) is 15.9. The first-order valence-corrected chi connectivity index (χ1v) is 21.9. The summed E-state index contributed by atoms with van der Waals surface area (Å²) in [6.07, 6.45) is -9.56. The van der Waals surface area contributed by atoms with Gasteiger partial charge in [-0.05, 0) is 121 Å². The van der Waals surface area contributed by atoms with Crippen molar-refractivity contribution < 1.29 is 76.4 Å². The molecule has 1 aliphatic rings. The van der Waals surface area contributed by atoms with Crippen LogP contribution in [-0.4, -0.2) is 96.7 Å². The fourth-order valence-corrected chi connectivity index (χ4v) is 6.96. The monoisotopic (exact) mass is 985 g/mol. The molecule has 21 heteroatoms. The van der Waals surface area contributed by atoms with E-state index < -0.39 is 79.0 Å². The van der Waals surface area contributed by atoms with E-state index in [9.17, 15) is 47.9 Å². The molecule has 5 aromatic rings. The van der Waals surface area contributed by atoms with E-state index in [1.54, 1.807) is 0 Å². The van der Waals surface area contributed by atoms with E-state index in [0.717, 1.165) is 0 Å². The molecule has 72 heavy (non-hydrogen) atoms. The minimum atomic E-state index is -2.04. The molecule has 5 atom stereocenters. The SMILES string of the molecule is CC(=O)Nc1ccc(C(=O)OC[C@H]2OC(OC(=O)c3ccc(NC(C)=O)cc3)[C@H](OC(=O)c3ccc(NC(C)=O)cc3)[C@@H](OC(=O)c3ccc(NC(C)=O)cc3)[C@H]2OC(=O)c2ccc(NC(C)=O)cc2)cc1. The summed E-state index contributed by atoms with van der Waals surface area (Å²) in [5, 5.41) is 12.9. The first-order chi connectivity index (χ1) is 34.3. The molecule has 1 heterocycles. The molecular weight excluding hydrogens is 939 g/mol. The van der Waals surface area contributed by atoms with Crippen LogP contribution >= 0.6 is 0 Å². The molecule has 0 aromatic heterocycles. The minimum Gasteiger partial charge on any atom is -0.459 e. The van der Waals surface area contributed by atoms with E-state index in [2.05, 4.69) is 26.6 Å². The van der Waals surface area contributed by atoms with Crippen molar-refractivity contribution in [1.29, 1.82) is 0 Å². The molecular formula is C51H47N5O16. The van der Waals surface area contributed by atoms with E-state index >= 15 is 0 Å². The molecule has 5 aromatic carbocycles. The second-order valence-corrected chi connectivity index (χ2v) is 15.9. The van der Waals surface area contributed by atoms with Gasteiger partial charge < -0.3 is 55.0 Å². The van der Waals surface area contributed by atoms with Crippen LogP contribution in [0, 0.1) is 0 Å². The van der Waals surface area contributed by atoms with Gasteiger partial charge >= 0.3 is 29.8 Å². The van der Waals surface area contributed by atoms with Gasteiger partial charge in [0.2, 0.25) is 41.9 Å². The van der Waals surface area contributed by atoms with Gasteiger partial charge in [-0.1, -0.05) is 0 Å². The highest BCUT2D eigenvalue weighted by Gasteiger charge is 2.55. The zero-order chi connectivity index (χ0) is 52.1. The number of carbonyl (C=O) groups is 10. The van der Waals surface area contributed by atoms with Crippen LogP contribution in [0.15, 0.2) is 121 Å². The molecule has 0 spiro atoms. The predicted molar refractivity (Wildman–Crippen MR) is 256 cm³/mol. The Balaban J connectivity index is 1.45. The van der Waals surface area contributed by atoms with Gasteiger partial charge in [0.15, 0.2) is 12.2 Å². The molecule has 1 saturated heterocycles. The van der Waals surface area contributed by atoms with Gasteiger partial charge in [0.05, 0.1) is 27.8 Å². The van der Waals surface area contributed by atoms with Crippen molar-refractivity contribution in [3.8, 4) is 0 Å². The molecule has 5 N–H and O–H groups in total. The predicted octanol–water partition coefficient (Wildman–Crippen LogP) is 5.89. The summed E-state index contributed by atoms with van der Waals surface area (Å²) in [5.41, 5.74) is 1.26. The number of amides is 5. The highest BCUT2D eigenvalue weighted by molar-refractivity contribution is 5.96. The number of hydrogen-bond donors (Lipinski definition) is 5. The zero-order valence-corrected chi connectivity index (χ0v) is 39.2. The molecule has 1 unspecified atom stereocenters. The molecule has 6 rings (SSSR count). The number of carbonyl (C=O) groups excluding carboxylic acids is 10. The summed E-state index contributed by atoms with van der Waals surface area (Å²) in [7, 11) is 0. The van der Waals surface area contributed by atoms with E-state index in [0.29, 0.717) is 28.4 Å². The van der Waals surface area contributed by atoms with Gasteiger partial charge in [0, 0.05) is 63.1 Å². The topological polar surface area (TPSA) is 286 Å². The van der Waals surface area contributed by atoms with Gasteiger partial charge in [-0.25, -0.2) is 24.0 Å². The largest absolute Gasteiger partial charge is 0.459 e. The highest BCUT2D eigenvalue weighted by Crippen LogP contribution is 2.33. The summed E-state index contributed by atoms with van der Waals surface area (Å²) in [5.74, 6) is -7.22. The van der Waals surface area contributed by atoms with E-state index in [1.807, 2.05) is 0 Å². The van der Waals surface area contributed by atoms with Crippen molar-refractivity contribution >= 4 is 87.8 Å². The van der Waals surface area contributed by atoms with Crippen LogP contribution in [-0.2, 0) is 52.4 Å². The lowest BCUT2D eigenvalue weighted by Gasteiger charge is -2.43. The quantitative estimate of drug-likeness (QED) is 0.0569. The molecule has 0 bridgehead atoms. The third kappa shape index (κ3) is 14.6. The van der Waals surface area contributed by atoms with Crippen LogP contribution in [0.1, 0.15) is 86.4 Å². The lowest BCUT2D eigenvalue weighted by molar-refractivity contribution is -0.282. The Kier molecular flexibility index (Phi) is 17.3. The third-order valence-electron chi connectivity index (χ3n) is 10.1. The van der Waals surface area contributed by atoms with Crippen molar-refractivity contribution in [2.45, 2.75) is 65.3 Å². The Morgan fingerprint density at radius 1 is 0.347 bits per heavy atom. The number of rotatable bonds is 16. The second kappa shape index (κ2) is 23.9. The first-order valence-electron chi connectivity index (χ1n) is 21.9. The molecule has 0 saturated carbocycles. The van der Waals surface area contributed by atoms with E-state index in [-0.39, 0.29) is 45.5 Å². The summed E-state index contributed by atoms with van der Waals surface area (Å²) < 4.78 is 36.0. The fraction of sp³-hybridized carbons (Fsp3) is 0.216. The number of ether oxygens (including phenoxy) is 6. The standard InChI is InChI=1S/C51H47N5O16/c1-27(57)52-37-16-6-32(7-17-37)46(62)67-26-42-43(69-47(63)33-8-18-38(19-9-33)53-28(2)58)44(70-48(64)34-10-20-39(21-11-34)54-29(3)59)45(71-49(65)35-12-22-40(23-13-35)55-30(4)60)51(68-42)72-50(66)36-14-24-41(25-15-36)56-31(5)61/h6-25,42-45,51H,26H2,1-5H3,(H,52,57)(H,53,58)(H,54,59)(H,55,60)(H,56,61)/t42-,43+,44+,45-,51?/m1/s1. The van der Waals surface area contributed by atoms with Crippen LogP contribution in [0.3, 0.4) is 0 Å². The van der Waals surface area contributed by atoms with Gasteiger partial charge in [0.25, 0.3) is 0 Å². The van der Waals surface area contributed by atoms with Crippen molar-refractivity contribution in [1.82, 2.24) is 0 Å². The zero-order valence-electron chi connectivity index (χ0n) is 39.2. The number of esters is 5. The fourth-order valence-electron chi connectivity index (χ4n) is 6.96. The van der Waals surface area contributed by atoms with Gasteiger partial charge in [-0.2, -0.15) is 0 Å². The Morgan fingerprint density at radius 3 is 0.889 bits per heavy atom. The van der Waals surface area contributed by atoms with Crippen molar-refractivity contribution in [3.63, 3.8) is 0 Å². The van der Waals surface area contributed by atoms with Crippen LogP contribution < -0.4 is 26.6 Å². The van der Waals surface area contributed by atoms with E-state index in [4.69, 9.17) is 28.4 Å². The van der Waals surface area contributed by atoms with Crippen LogP contribution in [0.5, 0.6) is 0 Å². The Labute approximate surface area is 410 Å². The van der Waals surface area contributed by atoms with Crippen LogP contribution in [0.4, 0.5) is 28.4 Å². The smallest absolute Gasteiger partial charge is 0.340 e. The maximum atomic E-state index is 14.3. The minimum absolute atomic E-state index is 0.000388. The summed E-state index contributed by atoms with van der Waals surface area (Å²) in [4.78, 5) is 129. The summed E-state index contributed by atoms with van der Waals surface area (Å²) >= 11 is 0. The molecule has 5 amide bonds. The Hall–Kier alpha value is -9.24. The maximum absolute atomic E-state index is 14.3. The number of hydrogen-bond acceptors (Lipinski definition) is 16. The lowest BCUT2D eigenvalue weighted by atomic mass is 9.97. The third-order valence-corrected chi connectivity index (χ3v) is 10.1. The first kappa shape index (κ1) is 52.1. The average molecular weight is 986 g/mol. The molecule has 0 aliphatic carbocycles. The summed E-state index contributed by atoms with van der Waals surface area (Å²) in [6.45, 7) is 5.65. The van der Waals surface area contributed by atoms with E-state index in [1.165, 1.54) is 156 Å². The molecule has 0 radical (unpaired) electrons. The molecule has 21 nitrogen and oxygen atoms in total. The molecule has 1 fully saturated rings. The Bertz CT molecular complexity index is 2850. The van der Waals surface area contributed by atoms with Crippen LogP contribution in [0.2, 0.25) is 0 Å².